The van der Waals surface area contributed by atoms with Crippen LogP contribution < -0.4 is 10.5 Å². The molecule has 3 nitrogen and oxygen atoms in total. The smallest absolute Gasteiger partial charge is 0.420 e. The van der Waals surface area contributed by atoms with Gasteiger partial charge in [-0.05, 0) is 0 Å². The van der Waals surface area contributed by atoms with Gasteiger partial charge in [0.2, 0.25) is 0 Å². The van der Waals surface area contributed by atoms with Crippen LogP contribution in [-0.4, -0.2) is 12.1 Å². The lowest BCUT2D eigenvalue weighted by Gasteiger charge is -2.14. The maximum absolute atomic E-state index is 12.3. The molecule has 0 saturated carbocycles. The second-order valence-electron chi connectivity index (χ2n) is 2.80. The van der Waals surface area contributed by atoms with Crippen LogP contribution in [0.1, 0.15) is 17.7 Å². The molecule has 0 amide bonds. The molecule has 0 spiro atoms. The van der Waals surface area contributed by atoms with E-state index >= 15 is 0 Å². The van der Waals surface area contributed by atoms with Gasteiger partial charge in [-0.15, -0.1) is 0 Å². The molecule has 0 aromatic carbocycles. The maximum atomic E-state index is 12.3. The highest BCUT2D eigenvalue weighted by molar-refractivity contribution is 5.61. The van der Waals surface area contributed by atoms with Gasteiger partial charge >= 0.3 is 6.18 Å². The summed E-state index contributed by atoms with van der Waals surface area (Å²) in [6, 6.07) is 0. The standard InChI is InChI=1S/C8H7F5N2O/c1-16-6-4(14)3(8(11,12)13)2-15-5(6)7(9)10/h2,7H,1H3,(H2,14,15). The zero-order chi connectivity index (χ0) is 12.5. The number of nitrogens with zero attached hydrogens (tertiary/aromatic N) is 1. The molecule has 0 radical (unpaired) electrons. The molecule has 0 bridgehead atoms. The van der Waals surface area contributed by atoms with E-state index in [0.29, 0.717) is 0 Å². The van der Waals surface area contributed by atoms with Crippen LogP contribution in [0.3, 0.4) is 0 Å². The molecule has 2 N–H and O–H groups in total. The van der Waals surface area contributed by atoms with Crippen LogP contribution in [0.4, 0.5) is 27.6 Å². The average molecular weight is 242 g/mol. The summed E-state index contributed by atoms with van der Waals surface area (Å²) < 4.78 is 66.1. The molecule has 0 aliphatic rings. The summed E-state index contributed by atoms with van der Waals surface area (Å²) >= 11 is 0. The lowest BCUT2D eigenvalue weighted by atomic mass is 10.2. The minimum atomic E-state index is -4.76. The van der Waals surface area contributed by atoms with Crippen LogP contribution in [0, 0.1) is 0 Å². The van der Waals surface area contributed by atoms with Crippen molar-refractivity contribution in [3.05, 3.63) is 17.5 Å². The van der Waals surface area contributed by atoms with E-state index in [1.807, 2.05) is 0 Å². The van der Waals surface area contributed by atoms with E-state index in [4.69, 9.17) is 5.73 Å². The van der Waals surface area contributed by atoms with Crippen molar-refractivity contribution in [1.29, 1.82) is 0 Å². The second-order valence-corrected chi connectivity index (χ2v) is 2.80. The molecule has 8 heteroatoms. The molecule has 0 unspecified atom stereocenters. The normalized spacial score (nSPS) is 11.9. The van der Waals surface area contributed by atoms with Gasteiger partial charge in [0.05, 0.1) is 12.8 Å². The van der Waals surface area contributed by atoms with E-state index < -0.39 is 35.3 Å². The summed E-state index contributed by atoms with van der Waals surface area (Å²) in [6.07, 6.45) is -7.55. The lowest BCUT2D eigenvalue weighted by Crippen LogP contribution is -2.12. The van der Waals surface area contributed by atoms with Crippen molar-refractivity contribution in [2.75, 3.05) is 12.8 Å². The highest BCUT2D eigenvalue weighted by Gasteiger charge is 2.36. The number of hydrogen-bond acceptors (Lipinski definition) is 3. The number of hydrogen-bond donors (Lipinski definition) is 1. The zero-order valence-electron chi connectivity index (χ0n) is 7.98. The number of halogens is 5. The second kappa shape index (κ2) is 4.11. The van der Waals surface area contributed by atoms with Crippen molar-refractivity contribution in [1.82, 2.24) is 4.98 Å². The molecule has 0 saturated heterocycles. The van der Waals surface area contributed by atoms with Crippen molar-refractivity contribution in [2.45, 2.75) is 12.6 Å². The molecule has 1 aromatic rings. The summed E-state index contributed by atoms with van der Waals surface area (Å²) in [4.78, 5) is 3.00. The number of nitrogen functional groups attached to an aromatic ring is 1. The predicted octanol–water partition coefficient (Wildman–Crippen LogP) is 2.63. The van der Waals surface area contributed by atoms with Gasteiger partial charge in [-0.3, -0.25) is 4.98 Å². The number of methoxy groups -OCH3 is 1. The fourth-order valence-electron chi connectivity index (χ4n) is 1.12. The van der Waals surface area contributed by atoms with Gasteiger partial charge in [-0.2, -0.15) is 13.2 Å². The van der Waals surface area contributed by atoms with Crippen LogP contribution in [0.5, 0.6) is 5.75 Å². The van der Waals surface area contributed by atoms with E-state index in [0.717, 1.165) is 7.11 Å². The Hall–Kier alpha value is -1.60. The van der Waals surface area contributed by atoms with Crippen molar-refractivity contribution in [3.8, 4) is 5.75 Å². The van der Waals surface area contributed by atoms with E-state index in [1.54, 1.807) is 0 Å². The summed E-state index contributed by atoms with van der Waals surface area (Å²) in [5, 5.41) is 0. The van der Waals surface area contributed by atoms with Crippen molar-refractivity contribution >= 4 is 5.69 Å². The molecule has 1 aromatic heterocycles. The third-order valence-corrected chi connectivity index (χ3v) is 1.82. The number of aromatic nitrogens is 1. The molecular formula is C8H7F5N2O. The van der Waals surface area contributed by atoms with Gasteiger partial charge in [0.15, 0.2) is 11.4 Å². The van der Waals surface area contributed by atoms with Crippen molar-refractivity contribution in [3.63, 3.8) is 0 Å². The van der Waals surface area contributed by atoms with Crippen molar-refractivity contribution in [2.24, 2.45) is 0 Å². The minimum absolute atomic E-state index is 0.263. The van der Waals surface area contributed by atoms with Crippen LogP contribution in [0.15, 0.2) is 6.20 Å². The topological polar surface area (TPSA) is 48.1 Å². The monoisotopic (exact) mass is 242 g/mol. The number of anilines is 1. The molecule has 1 rings (SSSR count). The van der Waals surface area contributed by atoms with E-state index in [2.05, 4.69) is 9.72 Å². The third-order valence-electron chi connectivity index (χ3n) is 1.82. The Morgan fingerprint density at radius 3 is 2.31 bits per heavy atom. The first kappa shape index (κ1) is 12.5. The van der Waals surface area contributed by atoms with Gasteiger partial charge < -0.3 is 10.5 Å². The summed E-state index contributed by atoms with van der Waals surface area (Å²) in [5.74, 6) is -0.746. The van der Waals surface area contributed by atoms with E-state index in [1.165, 1.54) is 0 Å². The van der Waals surface area contributed by atoms with Crippen LogP contribution >= 0.6 is 0 Å². The summed E-state index contributed by atoms with van der Waals surface area (Å²) in [7, 11) is 0.944. The van der Waals surface area contributed by atoms with Crippen LogP contribution in [-0.2, 0) is 6.18 Å². The third kappa shape index (κ3) is 2.15. The molecule has 0 aliphatic carbocycles. The van der Waals surface area contributed by atoms with Gasteiger partial charge in [0.1, 0.15) is 5.56 Å². The summed E-state index contributed by atoms with van der Waals surface area (Å²) in [5.41, 5.74) is 2.00. The Kier molecular flexibility index (Phi) is 3.20. The van der Waals surface area contributed by atoms with Crippen molar-refractivity contribution < 1.29 is 26.7 Å². The Morgan fingerprint density at radius 2 is 1.94 bits per heavy atom. The van der Waals surface area contributed by atoms with Crippen LogP contribution in [0.25, 0.3) is 0 Å². The Labute approximate surface area is 87.0 Å². The SMILES string of the molecule is COc1c(C(F)F)ncc(C(F)(F)F)c1N. The average Bonchev–Trinajstić information content (AvgIpc) is 2.14. The molecule has 1 heterocycles. The largest absolute Gasteiger partial charge is 0.492 e. The number of alkyl halides is 5. The first-order valence-electron chi connectivity index (χ1n) is 3.96. The maximum Gasteiger partial charge on any atom is 0.420 e. The number of rotatable bonds is 2. The molecule has 0 aliphatic heterocycles. The molecule has 0 fully saturated rings. The lowest BCUT2D eigenvalue weighted by molar-refractivity contribution is -0.137. The zero-order valence-corrected chi connectivity index (χ0v) is 7.98. The molecule has 16 heavy (non-hydrogen) atoms. The van der Waals surface area contributed by atoms with E-state index in [-0.39, 0.29) is 6.20 Å². The van der Waals surface area contributed by atoms with Crippen LogP contribution in [0.2, 0.25) is 0 Å². The fraction of sp³-hybridized carbons (Fsp3) is 0.375. The highest BCUT2D eigenvalue weighted by Crippen LogP contribution is 2.40. The van der Waals surface area contributed by atoms with Gasteiger partial charge in [-0.1, -0.05) is 0 Å². The minimum Gasteiger partial charge on any atom is -0.492 e. The molecule has 90 valence electrons. The first-order valence-corrected chi connectivity index (χ1v) is 3.96. The number of pyridine rings is 1. The number of ether oxygens (including phenoxy) is 1. The fourth-order valence-corrected chi connectivity index (χ4v) is 1.12. The highest BCUT2D eigenvalue weighted by atomic mass is 19.4. The van der Waals surface area contributed by atoms with E-state index in [9.17, 15) is 22.0 Å². The molecular weight excluding hydrogens is 235 g/mol. The first-order chi connectivity index (χ1) is 7.29. The molecule has 0 atom stereocenters. The predicted molar refractivity (Wildman–Crippen MR) is 45.2 cm³/mol. The summed E-state index contributed by atoms with van der Waals surface area (Å²) in [6.45, 7) is 0. The van der Waals surface area contributed by atoms with Gasteiger partial charge in [-0.25, -0.2) is 8.78 Å². The quantitative estimate of drug-likeness (QED) is 0.811. The Bertz CT molecular complexity index is 391. The van der Waals surface area contributed by atoms with Gasteiger partial charge in [0, 0.05) is 6.20 Å². The Morgan fingerprint density at radius 1 is 1.38 bits per heavy atom. The van der Waals surface area contributed by atoms with Gasteiger partial charge in [0.25, 0.3) is 6.43 Å². The number of nitrogens with two attached hydrogens (primary N) is 1. The Balaban J connectivity index is 3.41.